The first-order valence-electron chi connectivity index (χ1n) is 6.69. The Morgan fingerprint density at radius 1 is 1.29 bits per heavy atom. The molecule has 0 aliphatic carbocycles. The molecule has 0 aliphatic heterocycles. The van der Waals surface area contributed by atoms with Crippen LogP contribution in [0.15, 0.2) is 22.4 Å². The highest BCUT2D eigenvalue weighted by Crippen LogP contribution is 2.26. The molecule has 116 valence electrons. The van der Waals surface area contributed by atoms with Gasteiger partial charge >= 0.3 is 0 Å². The molecule has 1 atom stereocenters. The van der Waals surface area contributed by atoms with E-state index in [-0.39, 0.29) is 6.04 Å². The van der Waals surface area contributed by atoms with Crippen molar-refractivity contribution < 1.29 is 8.42 Å². The summed E-state index contributed by atoms with van der Waals surface area (Å²) < 4.78 is 27.8. The van der Waals surface area contributed by atoms with Crippen LogP contribution in [0.5, 0.6) is 0 Å². The third kappa shape index (κ3) is 4.14. The Morgan fingerprint density at radius 3 is 2.52 bits per heavy atom. The monoisotopic (exact) mass is 344 g/mol. The first-order chi connectivity index (χ1) is 9.81. The van der Waals surface area contributed by atoms with Crippen molar-refractivity contribution in [2.45, 2.75) is 44.0 Å². The van der Waals surface area contributed by atoms with Gasteiger partial charge in [0.25, 0.3) is 0 Å². The van der Waals surface area contributed by atoms with E-state index in [0.717, 1.165) is 10.4 Å². The lowest BCUT2D eigenvalue weighted by Crippen LogP contribution is -2.33. The number of nitrogens with one attached hydrogen (secondary N) is 1. The van der Waals surface area contributed by atoms with E-state index < -0.39 is 10.0 Å². The lowest BCUT2D eigenvalue weighted by Gasteiger charge is -2.12. The zero-order chi connectivity index (χ0) is 15.6. The summed E-state index contributed by atoms with van der Waals surface area (Å²) >= 11 is 2.95. The van der Waals surface area contributed by atoms with Gasteiger partial charge in [-0.05, 0) is 51.0 Å². The molecule has 21 heavy (non-hydrogen) atoms. The molecule has 0 saturated heterocycles. The van der Waals surface area contributed by atoms with Crippen LogP contribution in [0.2, 0.25) is 0 Å². The Labute approximate surface area is 134 Å². The van der Waals surface area contributed by atoms with Crippen LogP contribution in [0.1, 0.15) is 27.1 Å². The fraction of sp³-hybridized carbons (Fsp3) is 0.429. The number of sulfonamides is 1. The van der Waals surface area contributed by atoms with Crippen molar-refractivity contribution in [1.29, 1.82) is 0 Å². The number of hydrogen-bond donors (Lipinski definition) is 2. The van der Waals surface area contributed by atoms with E-state index in [0.29, 0.717) is 17.2 Å². The van der Waals surface area contributed by atoms with Crippen molar-refractivity contribution in [2.75, 3.05) is 0 Å². The summed E-state index contributed by atoms with van der Waals surface area (Å²) in [5.41, 5.74) is 6.54. The minimum absolute atomic E-state index is 0.142. The highest BCUT2D eigenvalue weighted by molar-refractivity contribution is 7.91. The Morgan fingerprint density at radius 2 is 2.00 bits per heavy atom. The van der Waals surface area contributed by atoms with E-state index in [9.17, 15) is 8.42 Å². The predicted octanol–water partition coefficient (Wildman–Crippen LogP) is 2.79. The Hall–Kier alpha value is -0.730. The van der Waals surface area contributed by atoms with Gasteiger partial charge in [0.1, 0.15) is 4.21 Å². The lowest BCUT2D eigenvalue weighted by molar-refractivity contribution is 0.562. The molecular weight excluding hydrogens is 324 g/mol. The molecule has 0 aliphatic rings. The summed E-state index contributed by atoms with van der Waals surface area (Å²) in [5, 5.41) is 0. The number of hydrogen-bond acceptors (Lipinski definition) is 5. The molecule has 0 amide bonds. The van der Waals surface area contributed by atoms with Gasteiger partial charge in [-0.25, -0.2) is 13.1 Å². The van der Waals surface area contributed by atoms with Gasteiger partial charge in [-0.1, -0.05) is 0 Å². The minimum atomic E-state index is -3.47. The summed E-state index contributed by atoms with van der Waals surface area (Å²) in [7, 11) is -3.47. The Kier molecular flexibility index (Phi) is 5.21. The third-order valence-electron chi connectivity index (χ3n) is 3.11. The molecule has 1 unspecified atom stereocenters. The molecule has 2 heterocycles. The van der Waals surface area contributed by atoms with Crippen LogP contribution < -0.4 is 10.5 Å². The van der Waals surface area contributed by atoms with Crippen molar-refractivity contribution >= 4 is 32.7 Å². The fourth-order valence-electron chi connectivity index (χ4n) is 2.08. The van der Waals surface area contributed by atoms with E-state index >= 15 is 0 Å². The second-order valence-corrected chi connectivity index (χ2v) is 9.56. The molecule has 7 heteroatoms. The topological polar surface area (TPSA) is 72.2 Å². The smallest absolute Gasteiger partial charge is 0.250 e. The van der Waals surface area contributed by atoms with Crippen LogP contribution in [0.3, 0.4) is 0 Å². The fourth-order valence-corrected chi connectivity index (χ4v) is 5.83. The minimum Gasteiger partial charge on any atom is -0.326 e. The maximum Gasteiger partial charge on any atom is 0.250 e. The SMILES string of the molecule is Cc1ccc(CC(C)NS(=O)(=O)c2cc(C)c(CN)s2)s1. The molecule has 0 radical (unpaired) electrons. The number of thiophene rings is 2. The van der Waals surface area contributed by atoms with Gasteiger partial charge in [-0.15, -0.1) is 22.7 Å². The molecule has 0 bridgehead atoms. The van der Waals surface area contributed by atoms with Gasteiger partial charge in [0.15, 0.2) is 0 Å². The molecule has 2 aromatic rings. The van der Waals surface area contributed by atoms with Crippen LogP contribution in [-0.4, -0.2) is 14.5 Å². The van der Waals surface area contributed by atoms with Gasteiger partial charge in [0, 0.05) is 27.2 Å². The number of aryl methyl sites for hydroxylation is 2. The second-order valence-electron chi connectivity index (χ2n) is 5.11. The van der Waals surface area contributed by atoms with Crippen LogP contribution in [0.4, 0.5) is 0 Å². The van der Waals surface area contributed by atoms with E-state index in [1.165, 1.54) is 21.1 Å². The summed E-state index contributed by atoms with van der Waals surface area (Å²) in [6, 6.07) is 5.65. The molecular formula is C14H20N2O2S3. The molecule has 2 aromatic heterocycles. The van der Waals surface area contributed by atoms with E-state index in [2.05, 4.69) is 10.8 Å². The van der Waals surface area contributed by atoms with Crippen LogP contribution in [0, 0.1) is 13.8 Å². The molecule has 4 nitrogen and oxygen atoms in total. The lowest BCUT2D eigenvalue weighted by atomic mass is 10.2. The van der Waals surface area contributed by atoms with Crippen LogP contribution >= 0.6 is 22.7 Å². The number of rotatable bonds is 6. The molecule has 3 N–H and O–H groups in total. The molecule has 0 saturated carbocycles. The van der Waals surface area contributed by atoms with Gasteiger partial charge in [-0.2, -0.15) is 0 Å². The Balaban J connectivity index is 2.09. The Bertz CT molecular complexity index is 716. The highest BCUT2D eigenvalue weighted by Gasteiger charge is 2.21. The van der Waals surface area contributed by atoms with Crippen molar-refractivity contribution in [2.24, 2.45) is 5.73 Å². The molecule has 2 rings (SSSR count). The van der Waals surface area contributed by atoms with Gasteiger partial charge in [0.05, 0.1) is 0 Å². The summed E-state index contributed by atoms with van der Waals surface area (Å²) in [6.45, 7) is 6.19. The standard InChI is InChI=1S/C14H20N2O2S3/c1-9-6-14(20-13(9)8-15)21(17,18)16-10(2)7-12-5-4-11(3)19-12/h4-6,10,16H,7-8,15H2,1-3H3. The number of nitrogens with two attached hydrogens (primary N) is 1. The van der Waals surface area contributed by atoms with Gasteiger partial charge < -0.3 is 5.73 Å². The highest BCUT2D eigenvalue weighted by atomic mass is 32.2. The average molecular weight is 345 g/mol. The quantitative estimate of drug-likeness (QED) is 0.846. The van der Waals surface area contributed by atoms with E-state index in [1.54, 1.807) is 17.4 Å². The van der Waals surface area contributed by atoms with Crippen molar-refractivity contribution in [3.05, 3.63) is 38.4 Å². The molecule has 0 fully saturated rings. The normalized spacial score (nSPS) is 13.5. The summed E-state index contributed by atoms with van der Waals surface area (Å²) in [6.07, 6.45) is 0.700. The van der Waals surface area contributed by atoms with Gasteiger partial charge in [0.2, 0.25) is 10.0 Å². The molecule has 0 aromatic carbocycles. The van der Waals surface area contributed by atoms with E-state index in [1.807, 2.05) is 26.8 Å². The van der Waals surface area contributed by atoms with E-state index in [4.69, 9.17) is 5.73 Å². The van der Waals surface area contributed by atoms with Gasteiger partial charge in [-0.3, -0.25) is 0 Å². The van der Waals surface area contributed by atoms with Crippen molar-refractivity contribution in [3.8, 4) is 0 Å². The summed E-state index contributed by atoms with van der Waals surface area (Å²) in [5.74, 6) is 0. The predicted molar refractivity (Wildman–Crippen MR) is 89.5 cm³/mol. The maximum atomic E-state index is 12.4. The summed E-state index contributed by atoms with van der Waals surface area (Å²) in [4.78, 5) is 3.34. The molecule has 0 spiro atoms. The first kappa shape index (κ1) is 16.6. The largest absolute Gasteiger partial charge is 0.326 e. The first-order valence-corrected chi connectivity index (χ1v) is 9.80. The van der Waals surface area contributed by atoms with Crippen molar-refractivity contribution in [1.82, 2.24) is 4.72 Å². The zero-order valence-corrected chi connectivity index (χ0v) is 14.8. The average Bonchev–Trinajstić information content (AvgIpc) is 2.95. The second kappa shape index (κ2) is 6.58. The maximum absolute atomic E-state index is 12.4. The zero-order valence-electron chi connectivity index (χ0n) is 12.3. The third-order valence-corrected chi connectivity index (χ3v) is 7.45. The van der Waals surface area contributed by atoms with Crippen molar-refractivity contribution in [3.63, 3.8) is 0 Å². The van der Waals surface area contributed by atoms with Crippen LogP contribution in [-0.2, 0) is 23.0 Å². The van der Waals surface area contributed by atoms with Crippen LogP contribution in [0.25, 0.3) is 0 Å².